The number of ether oxygens (including phenoxy) is 1. The van der Waals surface area contributed by atoms with E-state index in [9.17, 15) is 4.79 Å². The smallest absolute Gasteiger partial charge is 0.254 e. The van der Waals surface area contributed by atoms with Crippen LogP contribution in [0.25, 0.3) is 0 Å². The zero-order valence-electron chi connectivity index (χ0n) is 16.5. The van der Waals surface area contributed by atoms with Crippen molar-refractivity contribution in [1.82, 2.24) is 9.97 Å². The number of primary amides is 1. The van der Waals surface area contributed by atoms with Crippen molar-refractivity contribution in [2.24, 2.45) is 11.5 Å². The number of hydrogen-bond donors (Lipinski definition) is 4. The number of rotatable bonds is 8. The average Bonchev–Trinajstić information content (AvgIpc) is 3.29. The van der Waals surface area contributed by atoms with Crippen molar-refractivity contribution < 1.29 is 9.53 Å². The highest BCUT2D eigenvalue weighted by molar-refractivity contribution is 5.98. The Bertz CT molecular complexity index is 904. The van der Waals surface area contributed by atoms with Crippen LogP contribution < -0.4 is 27.0 Å². The molecular weight excluding hydrogens is 370 g/mol. The van der Waals surface area contributed by atoms with Gasteiger partial charge < -0.3 is 31.7 Å². The maximum Gasteiger partial charge on any atom is 0.254 e. The zero-order chi connectivity index (χ0) is 20.4. The minimum atomic E-state index is -0.580. The molecule has 0 radical (unpaired) electrons. The predicted octanol–water partition coefficient (Wildman–Crippen LogP) is 1.23. The minimum absolute atomic E-state index is 0.193. The lowest BCUT2D eigenvalue weighted by atomic mass is 10.1. The summed E-state index contributed by atoms with van der Waals surface area (Å²) in [6.45, 7) is 1.96. The number of fused-ring (bicyclic) bond motifs is 3. The predicted molar refractivity (Wildman–Crippen MR) is 113 cm³/mol. The first kappa shape index (κ1) is 19.4. The van der Waals surface area contributed by atoms with E-state index in [2.05, 4.69) is 31.6 Å². The number of anilines is 4. The topological polar surface area (TPSA) is 131 Å². The van der Waals surface area contributed by atoms with Crippen molar-refractivity contribution in [2.45, 2.75) is 31.3 Å². The first-order valence-corrected chi connectivity index (χ1v) is 9.87. The molecule has 29 heavy (non-hydrogen) atoms. The Kier molecular flexibility index (Phi) is 5.50. The van der Waals surface area contributed by atoms with Gasteiger partial charge in [0.1, 0.15) is 11.4 Å². The monoisotopic (exact) mass is 397 g/mol. The molecule has 154 valence electrons. The van der Waals surface area contributed by atoms with E-state index in [-0.39, 0.29) is 11.6 Å². The second-order valence-electron chi connectivity index (χ2n) is 7.54. The van der Waals surface area contributed by atoms with Crippen molar-refractivity contribution >= 4 is 29.0 Å². The van der Waals surface area contributed by atoms with Gasteiger partial charge in [0.05, 0.1) is 6.61 Å². The van der Waals surface area contributed by atoms with Gasteiger partial charge >= 0.3 is 0 Å². The van der Waals surface area contributed by atoms with Gasteiger partial charge in [0, 0.05) is 55.4 Å². The summed E-state index contributed by atoms with van der Waals surface area (Å²) in [5.41, 5.74) is 15.2. The SMILES string of the molecule is COC[C@H](N)CNc1ncc(C(N)=O)c(Nc2cccc3c2CC2CCCN32)n1. The summed E-state index contributed by atoms with van der Waals surface area (Å²) >= 11 is 0. The molecule has 4 rings (SSSR count). The van der Waals surface area contributed by atoms with Gasteiger partial charge in [0.15, 0.2) is 0 Å². The molecule has 1 unspecified atom stereocenters. The Balaban J connectivity index is 1.59. The highest BCUT2D eigenvalue weighted by Crippen LogP contribution is 2.42. The molecule has 1 fully saturated rings. The molecule has 0 saturated carbocycles. The molecule has 1 saturated heterocycles. The molecule has 9 heteroatoms. The molecule has 3 heterocycles. The maximum absolute atomic E-state index is 11.9. The van der Waals surface area contributed by atoms with Gasteiger partial charge in [-0.15, -0.1) is 0 Å². The van der Waals surface area contributed by atoms with Crippen LogP contribution in [0.1, 0.15) is 28.8 Å². The number of carbonyl (C=O) groups excluding carboxylic acids is 1. The van der Waals surface area contributed by atoms with Crippen LogP contribution in [0.15, 0.2) is 24.4 Å². The van der Waals surface area contributed by atoms with E-state index in [1.165, 1.54) is 30.3 Å². The number of nitrogens with zero attached hydrogens (tertiary/aromatic N) is 3. The van der Waals surface area contributed by atoms with Crippen LogP contribution in [-0.4, -0.2) is 54.8 Å². The fraction of sp³-hybridized carbons (Fsp3) is 0.450. The lowest BCUT2D eigenvalue weighted by molar-refractivity contribution is 0.100. The van der Waals surface area contributed by atoms with Gasteiger partial charge in [0.2, 0.25) is 5.95 Å². The second kappa shape index (κ2) is 8.22. The normalized spacial score (nSPS) is 18.3. The molecule has 0 aliphatic carbocycles. The Morgan fingerprint density at radius 3 is 3.10 bits per heavy atom. The maximum atomic E-state index is 11.9. The zero-order valence-corrected chi connectivity index (χ0v) is 16.5. The van der Waals surface area contributed by atoms with Crippen LogP contribution in [0.5, 0.6) is 0 Å². The molecule has 1 aromatic carbocycles. The molecular formula is C20H27N7O2. The lowest BCUT2D eigenvalue weighted by Crippen LogP contribution is -2.33. The van der Waals surface area contributed by atoms with E-state index in [0.29, 0.717) is 31.0 Å². The summed E-state index contributed by atoms with van der Waals surface area (Å²) in [6.07, 6.45) is 4.87. The van der Waals surface area contributed by atoms with Gasteiger partial charge in [-0.3, -0.25) is 4.79 Å². The average molecular weight is 397 g/mol. The van der Waals surface area contributed by atoms with Gasteiger partial charge in [0.25, 0.3) is 5.91 Å². The van der Waals surface area contributed by atoms with Crippen molar-refractivity contribution in [1.29, 1.82) is 0 Å². The summed E-state index contributed by atoms with van der Waals surface area (Å²) in [7, 11) is 1.60. The highest BCUT2D eigenvalue weighted by Gasteiger charge is 2.34. The summed E-state index contributed by atoms with van der Waals surface area (Å²) in [5.74, 6) is 0.177. The molecule has 0 spiro atoms. The third kappa shape index (κ3) is 3.96. The molecule has 2 aromatic rings. The van der Waals surface area contributed by atoms with Gasteiger partial charge in [-0.05, 0) is 31.4 Å². The quantitative estimate of drug-likeness (QED) is 0.523. The fourth-order valence-corrected chi connectivity index (χ4v) is 4.14. The van der Waals surface area contributed by atoms with E-state index in [1.54, 1.807) is 7.11 Å². The molecule has 1 amide bonds. The lowest BCUT2D eigenvalue weighted by Gasteiger charge is -2.19. The summed E-state index contributed by atoms with van der Waals surface area (Å²) < 4.78 is 5.04. The van der Waals surface area contributed by atoms with Crippen LogP contribution in [0.2, 0.25) is 0 Å². The summed E-state index contributed by atoms with van der Waals surface area (Å²) in [5, 5.41) is 6.40. The molecule has 2 atom stereocenters. The van der Waals surface area contributed by atoms with Crippen molar-refractivity contribution in [2.75, 3.05) is 42.3 Å². The molecule has 1 aromatic heterocycles. The molecule has 6 N–H and O–H groups in total. The first-order chi connectivity index (χ1) is 14.1. The molecule has 2 aliphatic rings. The fourth-order valence-electron chi connectivity index (χ4n) is 4.14. The first-order valence-electron chi connectivity index (χ1n) is 9.87. The van der Waals surface area contributed by atoms with Crippen LogP contribution in [-0.2, 0) is 11.2 Å². The van der Waals surface area contributed by atoms with E-state index >= 15 is 0 Å². The molecule has 9 nitrogen and oxygen atoms in total. The largest absolute Gasteiger partial charge is 0.383 e. The molecule has 0 bridgehead atoms. The number of methoxy groups -OCH3 is 1. The van der Waals surface area contributed by atoms with Gasteiger partial charge in [-0.1, -0.05) is 6.07 Å². The standard InChI is InChI=1S/C20H27N7O2/c1-29-11-12(21)9-23-20-24-10-15(18(22)28)19(26-20)25-16-5-2-6-17-14(16)8-13-4-3-7-27(13)17/h2,5-6,10,12-13H,3-4,7-9,11,21H2,1H3,(H2,22,28)(H2,23,24,25,26)/t12-,13?/m1/s1. The van der Waals surface area contributed by atoms with Gasteiger partial charge in [-0.25, -0.2) is 4.98 Å². The number of amides is 1. The van der Waals surface area contributed by atoms with E-state index < -0.39 is 5.91 Å². The third-order valence-electron chi connectivity index (χ3n) is 5.49. The van der Waals surface area contributed by atoms with Crippen LogP contribution in [0, 0.1) is 0 Å². The van der Waals surface area contributed by atoms with Crippen LogP contribution in [0.3, 0.4) is 0 Å². The van der Waals surface area contributed by atoms with E-state index in [1.807, 2.05) is 12.1 Å². The Morgan fingerprint density at radius 2 is 2.31 bits per heavy atom. The van der Waals surface area contributed by atoms with E-state index in [0.717, 1.165) is 18.7 Å². The van der Waals surface area contributed by atoms with Crippen molar-refractivity contribution in [3.8, 4) is 0 Å². The number of nitrogens with one attached hydrogen (secondary N) is 2. The van der Waals surface area contributed by atoms with E-state index in [4.69, 9.17) is 16.2 Å². The number of benzene rings is 1. The second-order valence-corrected chi connectivity index (χ2v) is 7.54. The Hall–Kier alpha value is -2.91. The number of carbonyl (C=O) groups is 1. The Morgan fingerprint density at radius 1 is 1.45 bits per heavy atom. The Labute approximate surface area is 169 Å². The highest BCUT2D eigenvalue weighted by atomic mass is 16.5. The van der Waals surface area contributed by atoms with Crippen molar-refractivity contribution in [3.63, 3.8) is 0 Å². The van der Waals surface area contributed by atoms with Crippen molar-refractivity contribution in [3.05, 3.63) is 35.5 Å². The minimum Gasteiger partial charge on any atom is -0.383 e. The number of nitrogens with two attached hydrogens (primary N) is 2. The summed E-state index contributed by atoms with van der Waals surface area (Å²) in [6, 6.07) is 6.56. The number of hydrogen-bond acceptors (Lipinski definition) is 8. The third-order valence-corrected chi connectivity index (χ3v) is 5.49. The van der Waals surface area contributed by atoms with Crippen LogP contribution in [0.4, 0.5) is 23.1 Å². The summed E-state index contributed by atoms with van der Waals surface area (Å²) in [4.78, 5) is 23.0. The van der Waals surface area contributed by atoms with Gasteiger partial charge in [-0.2, -0.15) is 4.98 Å². The molecule has 2 aliphatic heterocycles. The van der Waals surface area contributed by atoms with Crippen LogP contribution >= 0.6 is 0 Å². The number of aromatic nitrogens is 2.